The molecule has 2 aromatic heterocycles. The molecular weight excluding hydrogens is 258 g/mol. The van der Waals surface area contributed by atoms with Crippen LogP contribution in [0.25, 0.3) is 16.4 Å². The van der Waals surface area contributed by atoms with Crippen LogP contribution in [0.3, 0.4) is 0 Å². The highest BCUT2D eigenvalue weighted by molar-refractivity contribution is 9.10. The summed E-state index contributed by atoms with van der Waals surface area (Å²) < 4.78 is 2.60. The molecule has 0 aliphatic heterocycles. The Labute approximate surface area is 92.7 Å². The van der Waals surface area contributed by atoms with Crippen LogP contribution in [0.15, 0.2) is 39.9 Å². The molecule has 0 spiro atoms. The van der Waals surface area contributed by atoms with Crippen LogP contribution in [0.2, 0.25) is 0 Å². The number of fused-ring (bicyclic) bond motifs is 3. The molecule has 0 aliphatic carbocycles. The van der Waals surface area contributed by atoms with E-state index in [1.165, 1.54) is 6.33 Å². The lowest BCUT2D eigenvalue weighted by Crippen LogP contribution is -2.09. The standard InChI is InChI=1S/C10H6BrN3O/c11-7-2-1-3-8-6(7)4-9-10(15)12-5-13-14(8)9/h1-5H,(H,12,13,15). The van der Waals surface area contributed by atoms with Crippen LogP contribution >= 0.6 is 15.9 Å². The topological polar surface area (TPSA) is 50.2 Å². The molecular formula is C10H6BrN3O. The average Bonchev–Trinajstić information content (AvgIpc) is 2.60. The summed E-state index contributed by atoms with van der Waals surface area (Å²) in [5, 5.41) is 5.10. The van der Waals surface area contributed by atoms with Crippen molar-refractivity contribution in [3.8, 4) is 0 Å². The van der Waals surface area contributed by atoms with Gasteiger partial charge < -0.3 is 4.98 Å². The van der Waals surface area contributed by atoms with Gasteiger partial charge in [0, 0.05) is 9.86 Å². The number of aromatic amines is 1. The highest BCUT2D eigenvalue weighted by Crippen LogP contribution is 2.25. The summed E-state index contributed by atoms with van der Waals surface area (Å²) in [5.74, 6) is 0. The van der Waals surface area contributed by atoms with Crippen molar-refractivity contribution in [1.82, 2.24) is 14.6 Å². The maximum atomic E-state index is 11.5. The predicted octanol–water partition coefficient (Wildman–Crippen LogP) is 1.94. The molecule has 0 unspecified atom stereocenters. The van der Waals surface area contributed by atoms with Crippen molar-refractivity contribution < 1.29 is 0 Å². The zero-order chi connectivity index (χ0) is 10.4. The molecule has 4 nitrogen and oxygen atoms in total. The molecule has 2 heterocycles. The second-order valence-electron chi connectivity index (χ2n) is 3.23. The Bertz CT molecular complexity index is 713. The Balaban J connectivity index is 2.69. The zero-order valence-electron chi connectivity index (χ0n) is 7.57. The number of aromatic nitrogens is 3. The SMILES string of the molecule is O=c1[nH]cnn2c1cc1c(Br)cccc12. The summed E-state index contributed by atoms with van der Waals surface area (Å²) in [6.07, 6.45) is 1.40. The Morgan fingerprint density at radius 1 is 1.33 bits per heavy atom. The van der Waals surface area contributed by atoms with Crippen LogP contribution in [-0.4, -0.2) is 14.6 Å². The molecule has 0 bridgehead atoms. The lowest BCUT2D eigenvalue weighted by atomic mass is 10.2. The third kappa shape index (κ3) is 1.13. The molecule has 3 rings (SSSR count). The summed E-state index contributed by atoms with van der Waals surface area (Å²) in [6.45, 7) is 0. The average molecular weight is 264 g/mol. The number of nitrogens with one attached hydrogen (secondary N) is 1. The second-order valence-corrected chi connectivity index (χ2v) is 4.09. The highest BCUT2D eigenvalue weighted by Gasteiger charge is 2.07. The largest absolute Gasteiger partial charge is 0.310 e. The molecule has 1 aromatic carbocycles. The van der Waals surface area contributed by atoms with Gasteiger partial charge in [-0.1, -0.05) is 22.0 Å². The first-order valence-corrected chi connectivity index (χ1v) is 5.20. The van der Waals surface area contributed by atoms with E-state index in [-0.39, 0.29) is 5.56 Å². The van der Waals surface area contributed by atoms with Crippen LogP contribution in [0.5, 0.6) is 0 Å². The van der Waals surface area contributed by atoms with E-state index >= 15 is 0 Å². The van der Waals surface area contributed by atoms with Crippen molar-refractivity contribution in [1.29, 1.82) is 0 Å². The normalized spacial score (nSPS) is 11.3. The summed E-state index contributed by atoms with van der Waals surface area (Å²) in [6, 6.07) is 7.61. The molecule has 0 saturated heterocycles. The maximum absolute atomic E-state index is 11.5. The quantitative estimate of drug-likeness (QED) is 0.674. The summed E-state index contributed by atoms with van der Waals surface area (Å²) in [7, 11) is 0. The van der Waals surface area contributed by atoms with E-state index in [1.54, 1.807) is 4.52 Å². The lowest BCUT2D eigenvalue weighted by molar-refractivity contribution is 0.914. The molecule has 5 heteroatoms. The van der Waals surface area contributed by atoms with Crippen molar-refractivity contribution >= 4 is 32.3 Å². The van der Waals surface area contributed by atoms with Crippen molar-refractivity contribution in [2.24, 2.45) is 0 Å². The van der Waals surface area contributed by atoms with Gasteiger partial charge >= 0.3 is 0 Å². The molecule has 0 saturated carbocycles. The van der Waals surface area contributed by atoms with Crippen LogP contribution in [0.1, 0.15) is 0 Å². The van der Waals surface area contributed by atoms with Gasteiger partial charge in [-0.3, -0.25) is 4.79 Å². The summed E-state index contributed by atoms with van der Waals surface area (Å²) in [5.41, 5.74) is 1.35. The van der Waals surface area contributed by atoms with Crippen LogP contribution in [-0.2, 0) is 0 Å². The Kier molecular flexibility index (Phi) is 1.70. The van der Waals surface area contributed by atoms with Crippen molar-refractivity contribution in [3.63, 3.8) is 0 Å². The number of hydrogen-bond donors (Lipinski definition) is 1. The molecule has 0 radical (unpaired) electrons. The van der Waals surface area contributed by atoms with Crippen LogP contribution < -0.4 is 5.56 Å². The number of hydrogen-bond acceptors (Lipinski definition) is 2. The molecule has 0 fully saturated rings. The van der Waals surface area contributed by atoms with Gasteiger partial charge in [0.1, 0.15) is 11.8 Å². The zero-order valence-corrected chi connectivity index (χ0v) is 9.15. The third-order valence-corrected chi connectivity index (χ3v) is 3.06. The molecule has 15 heavy (non-hydrogen) atoms. The fourth-order valence-corrected chi connectivity index (χ4v) is 2.16. The van der Waals surface area contributed by atoms with Gasteiger partial charge in [-0.25, -0.2) is 4.52 Å². The first-order valence-electron chi connectivity index (χ1n) is 4.41. The minimum atomic E-state index is -0.131. The Morgan fingerprint density at radius 2 is 2.20 bits per heavy atom. The van der Waals surface area contributed by atoms with Crippen molar-refractivity contribution in [3.05, 3.63) is 45.4 Å². The summed E-state index contributed by atoms with van der Waals surface area (Å²) >= 11 is 3.45. The fraction of sp³-hybridized carbons (Fsp3) is 0. The smallest absolute Gasteiger partial charge is 0.275 e. The molecule has 1 N–H and O–H groups in total. The van der Waals surface area contributed by atoms with E-state index in [4.69, 9.17) is 0 Å². The summed E-state index contributed by atoms with van der Waals surface area (Å²) in [4.78, 5) is 14.1. The second kappa shape index (κ2) is 2.93. The minimum absolute atomic E-state index is 0.131. The van der Waals surface area contributed by atoms with Crippen molar-refractivity contribution in [2.45, 2.75) is 0 Å². The third-order valence-electron chi connectivity index (χ3n) is 2.37. The predicted molar refractivity (Wildman–Crippen MR) is 61.0 cm³/mol. The van der Waals surface area contributed by atoms with Crippen LogP contribution in [0.4, 0.5) is 0 Å². The number of H-pyrrole nitrogens is 1. The molecule has 0 aliphatic rings. The molecule has 74 valence electrons. The van der Waals surface area contributed by atoms with E-state index in [0.717, 1.165) is 15.4 Å². The van der Waals surface area contributed by atoms with E-state index in [2.05, 4.69) is 26.0 Å². The van der Waals surface area contributed by atoms with Gasteiger partial charge in [0.25, 0.3) is 5.56 Å². The lowest BCUT2D eigenvalue weighted by Gasteiger charge is -1.94. The van der Waals surface area contributed by atoms with Gasteiger partial charge in [-0.05, 0) is 18.2 Å². The Morgan fingerprint density at radius 3 is 3.07 bits per heavy atom. The number of benzene rings is 1. The van der Waals surface area contributed by atoms with Gasteiger partial charge in [0.05, 0.1) is 5.52 Å². The van der Waals surface area contributed by atoms with Gasteiger partial charge in [-0.15, -0.1) is 0 Å². The van der Waals surface area contributed by atoms with Crippen LogP contribution in [0, 0.1) is 0 Å². The first kappa shape index (κ1) is 8.67. The van der Waals surface area contributed by atoms with Crippen molar-refractivity contribution in [2.75, 3.05) is 0 Å². The molecule has 3 aromatic rings. The van der Waals surface area contributed by atoms with E-state index in [9.17, 15) is 4.79 Å². The maximum Gasteiger partial charge on any atom is 0.275 e. The Hall–Kier alpha value is -1.62. The van der Waals surface area contributed by atoms with Gasteiger partial charge in [-0.2, -0.15) is 5.10 Å². The minimum Gasteiger partial charge on any atom is -0.310 e. The van der Waals surface area contributed by atoms with Gasteiger partial charge in [0.2, 0.25) is 0 Å². The first-order chi connectivity index (χ1) is 7.27. The monoisotopic (exact) mass is 263 g/mol. The highest BCUT2D eigenvalue weighted by atomic mass is 79.9. The van der Waals surface area contributed by atoms with E-state index in [0.29, 0.717) is 5.52 Å². The fourth-order valence-electron chi connectivity index (χ4n) is 1.69. The van der Waals surface area contributed by atoms with E-state index in [1.807, 2.05) is 24.3 Å². The number of halogens is 1. The van der Waals surface area contributed by atoms with Gasteiger partial charge in [0.15, 0.2) is 0 Å². The number of nitrogens with zero attached hydrogens (tertiary/aromatic N) is 2. The molecule has 0 amide bonds. The molecule has 0 atom stereocenters. The van der Waals surface area contributed by atoms with E-state index < -0.39 is 0 Å². The number of rotatable bonds is 0.